The van der Waals surface area contributed by atoms with Crippen molar-refractivity contribution in [1.82, 2.24) is 0 Å². The summed E-state index contributed by atoms with van der Waals surface area (Å²) in [6, 6.07) is 13.0. The molecule has 0 saturated carbocycles. The summed E-state index contributed by atoms with van der Waals surface area (Å²) in [6.07, 6.45) is -0.307. The summed E-state index contributed by atoms with van der Waals surface area (Å²) in [6.45, 7) is 0. The molecule has 124 valence electrons. The zero-order chi connectivity index (χ0) is 17.7. The summed E-state index contributed by atoms with van der Waals surface area (Å²) in [7, 11) is 0. The second kappa shape index (κ2) is 7.50. The Morgan fingerprint density at radius 2 is 1.42 bits per heavy atom. The average Bonchev–Trinajstić information content (AvgIpc) is 2.55. The molecule has 0 amide bonds. The van der Waals surface area contributed by atoms with Crippen LogP contribution in [0.2, 0.25) is 0 Å². The number of carbonyl (C=O) groups is 3. The Labute approximate surface area is 137 Å². The normalized spacial score (nSPS) is 11.9. The number of aliphatic carboxylic acids is 2. The van der Waals surface area contributed by atoms with E-state index in [1.54, 1.807) is 30.3 Å². The van der Waals surface area contributed by atoms with Crippen LogP contribution in [-0.2, 0) is 9.59 Å². The molecule has 24 heavy (non-hydrogen) atoms. The van der Waals surface area contributed by atoms with Gasteiger partial charge >= 0.3 is 11.9 Å². The minimum atomic E-state index is -1.75. The maximum Gasteiger partial charge on any atom is 0.318 e. The summed E-state index contributed by atoms with van der Waals surface area (Å²) >= 11 is 0. The number of carbonyl (C=O) groups excluding carboxylic acids is 1. The number of Topliss-reactive ketones (excluding diaryl/α,β-unsaturated/α-hetero) is 1. The SMILES string of the molecule is O=C(CC(c1ccccc1)C(C(=O)O)C(=O)O)c1ccc(F)cc1. The Morgan fingerprint density at radius 3 is 1.92 bits per heavy atom. The molecule has 0 aliphatic carbocycles. The first-order valence-corrected chi connectivity index (χ1v) is 7.19. The van der Waals surface area contributed by atoms with Crippen LogP contribution in [0.3, 0.4) is 0 Å². The van der Waals surface area contributed by atoms with E-state index in [-0.39, 0.29) is 12.0 Å². The molecule has 0 fully saturated rings. The Bertz CT molecular complexity index is 726. The predicted octanol–water partition coefficient (Wildman–Crippen LogP) is 2.97. The number of carboxylic acids is 2. The van der Waals surface area contributed by atoms with E-state index in [0.29, 0.717) is 5.56 Å². The minimum absolute atomic E-state index is 0.201. The number of hydrogen-bond acceptors (Lipinski definition) is 3. The van der Waals surface area contributed by atoms with Gasteiger partial charge in [-0.25, -0.2) is 4.39 Å². The van der Waals surface area contributed by atoms with Crippen LogP contribution in [0.25, 0.3) is 0 Å². The van der Waals surface area contributed by atoms with E-state index in [2.05, 4.69) is 0 Å². The fourth-order valence-electron chi connectivity index (χ4n) is 2.53. The minimum Gasteiger partial charge on any atom is -0.481 e. The van der Waals surface area contributed by atoms with Gasteiger partial charge in [-0.05, 0) is 29.8 Å². The molecule has 5 nitrogen and oxygen atoms in total. The summed E-state index contributed by atoms with van der Waals surface area (Å²) in [4.78, 5) is 35.1. The van der Waals surface area contributed by atoms with Gasteiger partial charge in [-0.1, -0.05) is 30.3 Å². The van der Waals surface area contributed by atoms with Crippen LogP contribution >= 0.6 is 0 Å². The van der Waals surface area contributed by atoms with Crippen molar-refractivity contribution < 1.29 is 29.0 Å². The number of hydrogen-bond donors (Lipinski definition) is 2. The lowest BCUT2D eigenvalue weighted by atomic mass is 9.81. The van der Waals surface area contributed by atoms with E-state index in [9.17, 15) is 29.0 Å². The highest BCUT2D eigenvalue weighted by atomic mass is 19.1. The predicted molar refractivity (Wildman–Crippen MR) is 83.3 cm³/mol. The van der Waals surface area contributed by atoms with Gasteiger partial charge in [0.1, 0.15) is 5.82 Å². The van der Waals surface area contributed by atoms with E-state index in [1.807, 2.05) is 0 Å². The molecule has 2 N–H and O–H groups in total. The fourth-order valence-corrected chi connectivity index (χ4v) is 2.53. The van der Waals surface area contributed by atoms with Gasteiger partial charge in [0.25, 0.3) is 0 Å². The van der Waals surface area contributed by atoms with Gasteiger partial charge in [0, 0.05) is 17.9 Å². The largest absolute Gasteiger partial charge is 0.481 e. The summed E-state index contributed by atoms with van der Waals surface area (Å²) < 4.78 is 13.0. The van der Waals surface area contributed by atoms with Gasteiger partial charge in [-0.3, -0.25) is 14.4 Å². The first-order chi connectivity index (χ1) is 11.4. The lowest BCUT2D eigenvalue weighted by Gasteiger charge is -2.21. The molecule has 0 saturated heterocycles. The van der Waals surface area contributed by atoms with E-state index in [0.717, 1.165) is 12.1 Å². The Morgan fingerprint density at radius 1 is 0.875 bits per heavy atom. The van der Waals surface area contributed by atoms with Crippen LogP contribution in [0.1, 0.15) is 28.3 Å². The van der Waals surface area contributed by atoms with Gasteiger partial charge in [-0.2, -0.15) is 0 Å². The van der Waals surface area contributed by atoms with Gasteiger partial charge in [0.05, 0.1) is 0 Å². The second-order valence-corrected chi connectivity index (χ2v) is 5.31. The summed E-state index contributed by atoms with van der Waals surface area (Å²) in [5, 5.41) is 18.5. The zero-order valence-corrected chi connectivity index (χ0v) is 12.6. The van der Waals surface area contributed by atoms with Crippen LogP contribution in [0.4, 0.5) is 4.39 Å². The lowest BCUT2D eigenvalue weighted by Crippen LogP contribution is -2.31. The number of carboxylic acid groups (broad SMARTS) is 2. The molecule has 1 unspecified atom stereocenters. The Balaban J connectivity index is 2.35. The van der Waals surface area contributed by atoms with Gasteiger partial charge in [-0.15, -0.1) is 0 Å². The average molecular weight is 330 g/mol. The Kier molecular flexibility index (Phi) is 5.42. The Hall–Kier alpha value is -3.02. The second-order valence-electron chi connectivity index (χ2n) is 5.31. The topological polar surface area (TPSA) is 91.7 Å². The van der Waals surface area contributed by atoms with Crippen molar-refractivity contribution in [2.75, 3.05) is 0 Å². The fraction of sp³-hybridized carbons (Fsp3) is 0.167. The molecule has 6 heteroatoms. The maximum absolute atomic E-state index is 13.0. The molecule has 2 aromatic carbocycles. The molecular formula is C18H15FO5. The van der Waals surface area contributed by atoms with Crippen molar-refractivity contribution in [2.45, 2.75) is 12.3 Å². The first-order valence-electron chi connectivity index (χ1n) is 7.19. The van der Waals surface area contributed by atoms with E-state index < -0.39 is 35.4 Å². The third-order valence-corrected chi connectivity index (χ3v) is 3.73. The number of halogens is 1. The number of rotatable bonds is 7. The highest BCUT2D eigenvalue weighted by Gasteiger charge is 2.37. The van der Waals surface area contributed by atoms with Crippen LogP contribution in [0.5, 0.6) is 0 Å². The molecule has 0 aliphatic rings. The molecular weight excluding hydrogens is 315 g/mol. The van der Waals surface area contributed by atoms with Crippen molar-refractivity contribution in [2.24, 2.45) is 5.92 Å². The molecule has 0 radical (unpaired) electrons. The monoisotopic (exact) mass is 330 g/mol. The van der Waals surface area contributed by atoms with Gasteiger partial charge in [0.2, 0.25) is 0 Å². The quantitative estimate of drug-likeness (QED) is 0.601. The van der Waals surface area contributed by atoms with Crippen molar-refractivity contribution in [3.8, 4) is 0 Å². The molecule has 0 aliphatic heterocycles. The van der Waals surface area contributed by atoms with E-state index in [1.165, 1.54) is 12.1 Å². The van der Waals surface area contributed by atoms with Crippen LogP contribution in [-0.4, -0.2) is 27.9 Å². The molecule has 0 aromatic heterocycles. The van der Waals surface area contributed by atoms with Crippen molar-refractivity contribution in [3.05, 3.63) is 71.5 Å². The maximum atomic E-state index is 13.0. The third kappa shape index (κ3) is 4.04. The molecule has 0 spiro atoms. The number of ketones is 1. The summed E-state index contributed by atoms with van der Waals surface area (Å²) in [5.74, 6) is -6.75. The smallest absolute Gasteiger partial charge is 0.318 e. The van der Waals surface area contributed by atoms with Crippen LogP contribution in [0, 0.1) is 11.7 Å². The van der Waals surface area contributed by atoms with Crippen molar-refractivity contribution >= 4 is 17.7 Å². The highest BCUT2D eigenvalue weighted by Crippen LogP contribution is 2.30. The van der Waals surface area contributed by atoms with E-state index >= 15 is 0 Å². The molecule has 2 rings (SSSR count). The first kappa shape index (κ1) is 17.3. The van der Waals surface area contributed by atoms with Crippen molar-refractivity contribution in [3.63, 3.8) is 0 Å². The summed E-state index contributed by atoms with van der Waals surface area (Å²) in [5.41, 5.74) is 0.648. The van der Waals surface area contributed by atoms with Crippen LogP contribution in [0.15, 0.2) is 54.6 Å². The van der Waals surface area contributed by atoms with Crippen LogP contribution < -0.4 is 0 Å². The van der Waals surface area contributed by atoms with E-state index in [4.69, 9.17) is 0 Å². The molecule has 0 bridgehead atoms. The molecule has 0 heterocycles. The number of benzene rings is 2. The standard InChI is InChI=1S/C18H15FO5/c19-13-8-6-12(7-9-13)15(20)10-14(11-4-2-1-3-5-11)16(17(21)22)18(23)24/h1-9,14,16H,10H2,(H,21,22)(H,23,24). The van der Waals surface area contributed by atoms with Crippen molar-refractivity contribution in [1.29, 1.82) is 0 Å². The molecule has 1 atom stereocenters. The third-order valence-electron chi connectivity index (χ3n) is 3.73. The van der Waals surface area contributed by atoms with Gasteiger partial charge in [0.15, 0.2) is 11.7 Å². The lowest BCUT2D eigenvalue weighted by molar-refractivity contribution is -0.155. The van der Waals surface area contributed by atoms with Gasteiger partial charge < -0.3 is 10.2 Å². The molecule has 2 aromatic rings. The highest BCUT2D eigenvalue weighted by molar-refractivity contribution is 5.99. The zero-order valence-electron chi connectivity index (χ0n) is 12.6.